The van der Waals surface area contributed by atoms with Gasteiger partial charge in [-0.15, -0.1) is 0 Å². The van der Waals surface area contributed by atoms with Gasteiger partial charge in [0.2, 0.25) is 0 Å². The summed E-state index contributed by atoms with van der Waals surface area (Å²) in [6.45, 7) is 4.22. The van der Waals surface area contributed by atoms with E-state index in [0.29, 0.717) is 22.8 Å². The number of aryl methyl sites for hydroxylation is 1. The molecule has 0 saturated carbocycles. The lowest BCUT2D eigenvalue weighted by Gasteiger charge is -2.32. The molecule has 5 rings (SSSR count). The zero-order valence-corrected chi connectivity index (χ0v) is 22.0. The van der Waals surface area contributed by atoms with E-state index in [0.717, 1.165) is 43.1 Å². The first-order chi connectivity index (χ1) is 18.0. The molecule has 4 aromatic carbocycles. The lowest BCUT2D eigenvalue weighted by Crippen LogP contribution is -2.20. The van der Waals surface area contributed by atoms with Crippen molar-refractivity contribution >= 4 is 16.7 Å². The van der Waals surface area contributed by atoms with Crippen molar-refractivity contribution in [1.29, 1.82) is 0 Å². The van der Waals surface area contributed by atoms with Crippen LogP contribution >= 0.6 is 0 Å². The maximum Gasteiger partial charge on any atom is 0.338 e. The maximum atomic E-state index is 14.3. The number of benzene rings is 4. The quantitative estimate of drug-likeness (QED) is 0.240. The Labute approximate surface area is 219 Å². The third-order valence-corrected chi connectivity index (χ3v) is 8.26. The van der Waals surface area contributed by atoms with Crippen molar-refractivity contribution in [2.75, 3.05) is 7.11 Å². The van der Waals surface area contributed by atoms with Gasteiger partial charge in [-0.25, -0.2) is 9.18 Å². The van der Waals surface area contributed by atoms with E-state index in [1.165, 1.54) is 29.4 Å². The van der Waals surface area contributed by atoms with Crippen LogP contribution in [-0.2, 0) is 11.2 Å². The summed E-state index contributed by atoms with van der Waals surface area (Å²) in [4.78, 5) is 12.4. The van der Waals surface area contributed by atoms with Gasteiger partial charge in [0.05, 0.1) is 12.7 Å². The largest absolute Gasteiger partial charge is 0.465 e. The summed E-state index contributed by atoms with van der Waals surface area (Å²) in [5, 5.41) is 1.74. The van der Waals surface area contributed by atoms with Crippen molar-refractivity contribution in [1.82, 2.24) is 0 Å². The van der Waals surface area contributed by atoms with Crippen molar-refractivity contribution in [3.63, 3.8) is 0 Å². The van der Waals surface area contributed by atoms with Gasteiger partial charge in [-0.2, -0.15) is 0 Å². The Morgan fingerprint density at radius 3 is 2.57 bits per heavy atom. The first-order valence-corrected chi connectivity index (χ1v) is 13.4. The van der Waals surface area contributed by atoms with Crippen LogP contribution in [0.15, 0.2) is 78.9 Å². The molecular weight excluding hydrogens is 459 g/mol. The average molecular weight is 495 g/mol. The smallest absolute Gasteiger partial charge is 0.338 e. The number of rotatable bonds is 7. The van der Waals surface area contributed by atoms with Crippen LogP contribution in [0.1, 0.15) is 82.6 Å². The van der Waals surface area contributed by atoms with E-state index in [2.05, 4.69) is 37.3 Å². The summed E-state index contributed by atoms with van der Waals surface area (Å²) >= 11 is 0. The molecule has 0 aromatic heterocycles. The van der Waals surface area contributed by atoms with Crippen LogP contribution < -0.4 is 0 Å². The normalized spacial score (nSPS) is 17.8. The zero-order chi connectivity index (χ0) is 25.9. The summed E-state index contributed by atoms with van der Waals surface area (Å²) in [5.41, 5.74) is 6.82. The zero-order valence-electron chi connectivity index (χ0n) is 22.0. The molecule has 0 fully saturated rings. The molecular formula is C34H35FO2. The van der Waals surface area contributed by atoms with Gasteiger partial charge < -0.3 is 4.74 Å². The fourth-order valence-electron chi connectivity index (χ4n) is 6.22. The number of ether oxygens (including phenoxy) is 1. The second-order valence-electron chi connectivity index (χ2n) is 10.6. The fraction of sp³-hybridized carbons (Fsp3) is 0.324. The van der Waals surface area contributed by atoms with Gasteiger partial charge in [-0.1, -0.05) is 86.5 Å². The van der Waals surface area contributed by atoms with Gasteiger partial charge in [0, 0.05) is 11.3 Å². The third kappa shape index (κ3) is 5.18. The Balaban J connectivity index is 1.32. The third-order valence-electron chi connectivity index (χ3n) is 8.26. The van der Waals surface area contributed by atoms with Crippen molar-refractivity contribution in [2.24, 2.45) is 5.92 Å². The molecule has 4 aromatic rings. The second-order valence-corrected chi connectivity index (χ2v) is 10.6. The van der Waals surface area contributed by atoms with Gasteiger partial charge in [0.25, 0.3) is 0 Å². The lowest BCUT2D eigenvalue weighted by molar-refractivity contribution is 0.0599. The molecule has 0 N–H and O–H groups in total. The molecule has 0 heterocycles. The SMILES string of the molecule is COC(=O)c1cc(C2C[C@H](CCC[C@H](C)c3ccc(F)c4ccccc34)Cc3ccccc32)ccc1C. The predicted octanol–water partition coefficient (Wildman–Crippen LogP) is 8.74. The molecule has 0 aliphatic heterocycles. The van der Waals surface area contributed by atoms with E-state index in [4.69, 9.17) is 4.74 Å². The van der Waals surface area contributed by atoms with Gasteiger partial charge >= 0.3 is 5.97 Å². The molecule has 0 bridgehead atoms. The van der Waals surface area contributed by atoms with Crippen LogP contribution in [0.25, 0.3) is 10.8 Å². The molecule has 1 aliphatic carbocycles. The number of halogens is 1. The van der Waals surface area contributed by atoms with Crippen molar-refractivity contribution in [3.05, 3.63) is 118 Å². The number of carbonyl (C=O) groups is 1. The Morgan fingerprint density at radius 2 is 1.76 bits per heavy atom. The topological polar surface area (TPSA) is 26.3 Å². The molecule has 1 unspecified atom stereocenters. The van der Waals surface area contributed by atoms with Crippen molar-refractivity contribution in [2.45, 2.75) is 57.8 Å². The van der Waals surface area contributed by atoms with Gasteiger partial charge in [0.15, 0.2) is 0 Å². The van der Waals surface area contributed by atoms with Crippen LogP contribution in [-0.4, -0.2) is 13.1 Å². The number of esters is 1. The highest BCUT2D eigenvalue weighted by Gasteiger charge is 2.28. The van der Waals surface area contributed by atoms with Crippen LogP contribution in [0.2, 0.25) is 0 Å². The number of methoxy groups -OCH3 is 1. The van der Waals surface area contributed by atoms with E-state index in [1.807, 2.05) is 49.4 Å². The first-order valence-electron chi connectivity index (χ1n) is 13.4. The van der Waals surface area contributed by atoms with Crippen LogP contribution in [0.5, 0.6) is 0 Å². The molecule has 0 radical (unpaired) electrons. The summed E-state index contributed by atoms with van der Waals surface area (Å²) in [6.07, 6.45) is 5.54. The number of carbonyl (C=O) groups excluding carboxylic acids is 1. The monoisotopic (exact) mass is 494 g/mol. The van der Waals surface area contributed by atoms with Gasteiger partial charge in [-0.3, -0.25) is 0 Å². The number of hydrogen-bond acceptors (Lipinski definition) is 2. The first kappa shape index (κ1) is 25.2. The highest BCUT2D eigenvalue weighted by atomic mass is 19.1. The van der Waals surface area contributed by atoms with E-state index in [-0.39, 0.29) is 17.7 Å². The molecule has 37 heavy (non-hydrogen) atoms. The van der Waals surface area contributed by atoms with Gasteiger partial charge in [0.1, 0.15) is 5.82 Å². The molecule has 3 heteroatoms. The Morgan fingerprint density at radius 1 is 1.00 bits per heavy atom. The highest BCUT2D eigenvalue weighted by molar-refractivity contribution is 5.91. The molecule has 3 atom stereocenters. The summed E-state index contributed by atoms with van der Waals surface area (Å²) < 4.78 is 19.3. The minimum absolute atomic E-state index is 0.148. The van der Waals surface area contributed by atoms with E-state index >= 15 is 0 Å². The summed E-state index contributed by atoms with van der Waals surface area (Å²) in [5.74, 6) is 0.807. The minimum Gasteiger partial charge on any atom is -0.465 e. The second kappa shape index (κ2) is 10.9. The number of fused-ring (bicyclic) bond motifs is 2. The molecule has 190 valence electrons. The standard InChI is InChI=1S/C34H35FO2/c1-22(27-17-18-33(35)30-14-7-6-13-29(27)30)9-8-10-24-19-25-11-4-5-12-28(25)32(20-24)26-16-15-23(2)31(21-26)34(36)37-3/h4-7,11-18,21-22,24,32H,8-10,19-20H2,1-3H3/t22-,24+,32?/m0/s1. The summed E-state index contributed by atoms with van der Waals surface area (Å²) in [6, 6.07) is 26.4. The van der Waals surface area contributed by atoms with E-state index in [9.17, 15) is 9.18 Å². The fourth-order valence-corrected chi connectivity index (χ4v) is 6.22. The minimum atomic E-state index is -0.276. The molecule has 2 nitrogen and oxygen atoms in total. The van der Waals surface area contributed by atoms with Crippen molar-refractivity contribution < 1.29 is 13.9 Å². The van der Waals surface area contributed by atoms with E-state index < -0.39 is 0 Å². The predicted molar refractivity (Wildman–Crippen MR) is 149 cm³/mol. The lowest BCUT2D eigenvalue weighted by atomic mass is 9.72. The molecule has 1 aliphatic rings. The Kier molecular flexibility index (Phi) is 7.41. The highest BCUT2D eigenvalue weighted by Crippen LogP contribution is 2.42. The average Bonchev–Trinajstić information content (AvgIpc) is 2.93. The molecule has 0 spiro atoms. The van der Waals surface area contributed by atoms with Crippen LogP contribution in [0.4, 0.5) is 4.39 Å². The maximum absolute atomic E-state index is 14.3. The Bertz CT molecular complexity index is 1420. The number of hydrogen-bond donors (Lipinski definition) is 0. The van der Waals surface area contributed by atoms with E-state index in [1.54, 1.807) is 6.07 Å². The van der Waals surface area contributed by atoms with Gasteiger partial charge in [-0.05, 0) is 83.4 Å². The summed E-state index contributed by atoms with van der Waals surface area (Å²) in [7, 11) is 1.44. The van der Waals surface area contributed by atoms with Crippen molar-refractivity contribution in [3.8, 4) is 0 Å². The molecule has 0 saturated heterocycles. The van der Waals surface area contributed by atoms with Crippen LogP contribution in [0, 0.1) is 18.7 Å². The Hall–Kier alpha value is -3.46. The van der Waals surface area contributed by atoms with Crippen LogP contribution in [0.3, 0.4) is 0 Å². The molecule has 0 amide bonds.